The molecule has 1 amide bonds. The fourth-order valence-electron chi connectivity index (χ4n) is 3.75. The van der Waals surface area contributed by atoms with Gasteiger partial charge in [-0.1, -0.05) is 19.8 Å². The topological polar surface area (TPSA) is 70.6 Å². The maximum Gasteiger partial charge on any atom is 0.234 e. The molecule has 0 radical (unpaired) electrons. The normalized spacial score (nSPS) is 24.8. The molecule has 1 aromatic heterocycles. The van der Waals surface area contributed by atoms with Gasteiger partial charge in [-0.3, -0.25) is 9.69 Å². The van der Waals surface area contributed by atoms with Gasteiger partial charge in [0.1, 0.15) is 0 Å². The number of carbonyl (C=O) groups is 1. The van der Waals surface area contributed by atoms with E-state index in [1.807, 2.05) is 0 Å². The number of methoxy groups -OCH3 is 1. The van der Waals surface area contributed by atoms with Crippen molar-refractivity contribution in [2.75, 3.05) is 44.7 Å². The Morgan fingerprint density at radius 2 is 2.12 bits per heavy atom. The SMILES string of the molecule is COc1ccnc(N2CCN(CC(=O)NC3CCCC(C)C3)CC2)n1. The lowest BCUT2D eigenvalue weighted by Gasteiger charge is -2.35. The van der Waals surface area contributed by atoms with E-state index in [9.17, 15) is 4.79 Å². The van der Waals surface area contributed by atoms with Crippen LogP contribution in [-0.2, 0) is 4.79 Å². The minimum Gasteiger partial charge on any atom is -0.481 e. The van der Waals surface area contributed by atoms with Crippen LogP contribution in [0.1, 0.15) is 32.6 Å². The molecule has 2 aliphatic rings. The number of ether oxygens (including phenoxy) is 1. The van der Waals surface area contributed by atoms with Crippen LogP contribution in [0.2, 0.25) is 0 Å². The summed E-state index contributed by atoms with van der Waals surface area (Å²) < 4.78 is 5.16. The van der Waals surface area contributed by atoms with Crippen LogP contribution in [0.4, 0.5) is 5.95 Å². The molecule has 3 rings (SSSR count). The third kappa shape index (κ3) is 5.04. The van der Waals surface area contributed by atoms with Crippen molar-refractivity contribution in [3.8, 4) is 5.88 Å². The van der Waals surface area contributed by atoms with Gasteiger partial charge in [0.05, 0.1) is 13.7 Å². The first-order chi connectivity index (χ1) is 12.1. The Bertz CT molecular complexity index is 574. The molecule has 1 saturated heterocycles. The van der Waals surface area contributed by atoms with Crippen molar-refractivity contribution < 1.29 is 9.53 Å². The summed E-state index contributed by atoms with van der Waals surface area (Å²) in [5, 5.41) is 3.22. The smallest absolute Gasteiger partial charge is 0.234 e. The van der Waals surface area contributed by atoms with E-state index in [0.717, 1.165) is 44.9 Å². The van der Waals surface area contributed by atoms with Gasteiger partial charge in [0.25, 0.3) is 0 Å². The molecular formula is C18H29N5O2. The summed E-state index contributed by atoms with van der Waals surface area (Å²) in [5.41, 5.74) is 0. The lowest BCUT2D eigenvalue weighted by Crippen LogP contribution is -2.51. The first-order valence-electron chi connectivity index (χ1n) is 9.27. The third-order valence-electron chi connectivity index (χ3n) is 5.15. The third-order valence-corrected chi connectivity index (χ3v) is 5.15. The number of carbonyl (C=O) groups excluding carboxylic acids is 1. The van der Waals surface area contributed by atoms with E-state index in [4.69, 9.17) is 4.74 Å². The Hall–Kier alpha value is -1.89. The van der Waals surface area contributed by atoms with Crippen LogP contribution >= 0.6 is 0 Å². The summed E-state index contributed by atoms with van der Waals surface area (Å²) in [6.45, 7) is 6.09. The minimum atomic E-state index is 0.158. The number of nitrogens with one attached hydrogen (secondary N) is 1. The zero-order valence-corrected chi connectivity index (χ0v) is 15.3. The number of rotatable bonds is 5. The van der Waals surface area contributed by atoms with E-state index in [-0.39, 0.29) is 5.91 Å². The molecule has 138 valence electrons. The molecule has 25 heavy (non-hydrogen) atoms. The van der Waals surface area contributed by atoms with Gasteiger partial charge < -0.3 is 15.0 Å². The standard InChI is InChI=1S/C18H29N5O2/c1-14-4-3-5-15(12-14)20-16(24)13-22-8-10-23(11-9-22)18-19-7-6-17(21-18)25-2/h6-7,14-15H,3-5,8-13H2,1-2H3,(H,20,24). The fourth-order valence-corrected chi connectivity index (χ4v) is 3.75. The molecule has 2 heterocycles. The number of hydrogen-bond acceptors (Lipinski definition) is 6. The molecule has 2 unspecified atom stereocenters. The van der Waals surface area contributed by atoms with Crippen LogP contribution in [0, 0.1) is 5.92 Å². The van der Waals surface area contributed by atoms with E-state index in [2.05, 4.69) is 32.0 Å². The summed E-state index contributed by atoms with van der Waals surface area (Å²) in [6.07, 6.45) is 6.47. The van der Waals surface area contributed by atoms with Crippen molar-refractivity contribution in [2.24, 2.45) is 5.92 Å². The zero-order chi connectivity index (χ0) is 17.6. The quantitative estimate of drug-likeness (QED) is 0.866. The first kappa shape index (κ1) is 17.9. The van der Waals surface area contributed by atoms with E-state index in [1.165, 1.54) is 12.8 Å². The number of aromatic nitrogens is 2. The van der Waals surface area contributed by atoms with E-state index in [0.29, 0.717) is 24.4 Å². The Kier molecular flexibility index (Phi) is 6.07. The van der Waals surface area contributed by atoms with Crippen molar-refractivity contribution in [1.29, 1.82) is 0 Å². The van der Waals surface area contributed by atoms with Crippen LogP contribution in [0.5, 0.6) is 5.88 Å². The molecule has 0 aromatic carbocycles. The average Bonchev–Trinajstić information content (AvgIpc) is 2.62. The highest BCUT2D eigenvalue weighted by molar-refractivity contribution is 5.78. The highest BCUT2D eigenvalue weighted by Gasteiger charge is 2.24. The van der Waals surface area contributed by atoms with Gasteiger partial charge in [-0.15, -0.1) is 0 Å². The summed E-state index contributed by atoms with van der Waals surface area (Å²) in [5.74, 6) is 2.16. The van der Waals surface area contributed by atoms with Crippen molar-refractivity contribution in [2.45, 2.75) is 38.6 Å². The molecular weight excluding hydrogens is 318 g/mol. The number of hydrogen-bond donors (Lipinski definition) is 1. The predicted octanol–water partition coefficient (Wildman–Crippen LogP) is 1.30. The fraction of sp³-hybridized carbons (Fsp3) is 0.722. The summed E-state index contributed by atoms with van der Waals surface area (Å²) in [4.78, 5) is 25.4. The van der Waals surface area contributed by atoms with Gasteiger partial charge in [0, 0.05) is 44.5 Å². The number of piperazine rings is 1. The Morgan fingerprint density at radius 3 is 2.84 bits per heavy atom. The molecule has 1 aromatic rings. The molecule has 2 atom stereocenters. The Balaban J connectivity index is 1.43. The summed E-state index contributed by atoms with van der Waals surface area (Å²) >= 11 is 0. The minimum absolute atomic E-state index is 0.158. The van der Waals surface area contributed by atoms with Crippen molar-refractivity contribution >= 4 is 11.9 Å². The maximum atomic E-state index is 12.3. The monoisotopic (exact) mass is 347 g/mol. The second-order valence-corrected chi connectivity index (χ2v) is 7.20. The summed E-state index contributed by atoms with van der Waals surface area (Å²) in [6, 6.07) is 2.11. The highest BCUT2D eigenvalue weighted by atomic mass is 16.5. The molecule has 1 aliphatic carbocycles. The van der Waals surface area contributed by atoms with E-state index >= 15 is 0 Å². The molecule has 1 aliphatic heterocycles. The molecule has 0 bridgehead atoms. The van der Waals surface area contributed by atoms with Gasteiger partial charge in [-0.25, -0.2) is 4.98 Å². The van der Waals surface area contributed by atoms with Gasteiger partial charge >= 0.3 is 0 Å². The number of anilines is 1. The van der Waals surface area contributed by atoms with Gasteiger partial charge in [-0.05, 0) is 18.8 Å². The Morgan fingerprint density at radius 1 is 1.32 bits per heavy atom. The molecule has 7 heteroatoms. The molecule has 7 nitrogen and oxygen atoms in total. The molecule has 1 saturated carbocycles. The number of nitrogens with zero attached hydrogens (tertiary/aromatic N) is 4. The second kappa shape index (κ2) is 8.47. The van der Waals surface area contributed by atoms with Crippen LogP contribution in [-0.4, -0.2) is 66.7 Å². The van der Waals surface area contributed by atoms with Crippen molar-refractivity contribution in [3.05, 3.63) is 12.3 Å². The highest BCUT2D eigenvalue weighted by Crippen LogP contribution is 2.23. The van der Waals surface area contributed by atoms with Crippen LogP contribution in [0.15, 0.2) is 12.3 Å². The Labute approximate surface area is 149 Å². The lowest BCUT2D eigenvalue weighted by atomic mass is 9.87. The molecule has 2 fully saturated rings. The molecule has 1 N–H and O–H groups in total. The number of amides is 1. The maximum absolute atomic E-state index is 12.3. The summed E-state index contributed by atoms with van der Waals surface area (Å²) in [7, 11) is 1.61. The lowest BCUT2D eigenvalue weighted by molar-refractivity contribution is -0.123. The second-order valence-electron chi connectivity index (χ2n) is 7.20. The average molecular weight is 347 g/mol. The first-order valence-corrected chi connectivity index (χ1v) is 9.27. The zero-order valence-electron chi connectivity index (χ0n) is 15.3. The van der Waals surface area contributed by atoms with Crippen molar-refractivity contribution in [1.82, 2.24) is 20.2 Å². The van der Waals surface area contributed by atoms with E-state index < -0.39 is 0 Å². The molecule has 0 spiro atoms. The van der Waals surface area contributed by atoms with Crippen LogP contribution in [0.25, 0.3) is 0 Å². The van der Waals surface area contributed by atoms with Crippen molar-refractivity contribution in [3.63, 3.8) is 0 Å². The van der Waals surface area contributed by atoms with Crippen LogP contribution < -0.4 is 15.0 Å². The van der Waals surface area contributed by atoms with Crippen LogP contribution in [0.3, 0.4) is 0 Å². The predicted molar refractivity (Wildman–Crippen MR) is 96.8 cm³/mol. The van der Waals surface area contributed by atoms with E-state index in [1.54, 1.807) is 19.4 Å². The van der Waals surface area contributed by atoms with Gasteiger partial charge in [0.2, 0.25) is 17.7 Å². The van der Waals surface area contributed by atoms with Gasteiger partial charge in [-0.2, -0.15) is 4.98 Å². The van der Waals surface area contributed by atoms with Gasteiger partial charge in [0.15, 0.2) is 0 Å². The largest absolute Gasteiger partial charge is 0.481 e.